The Morgan fingerprint density at radius 3 is 0.643 bits per heavy atom. The molecule has 6 aromatic rings. The van der Waals surface area contributed by atoms with Gasteiger partial charge in [-0.2, -0.15) is 0 Å². The van der Waals surface area contributed by atoms with Crippen molar-refractivity contribution < 1.29 is 0 Å². The number of fused-ring (bicyclic) bond motifs is 9. The summed E-state index contributed by atoms with van der Waals surface area (Å²) >= 11 is 0. The van der Waals surface area contributed by atoms with Gasteiger partial charge in [-0.3, -0.25) is 0 Å². The second-order valence-electron chi connectivity index (χ2n) is 10.9. The fourth-order valence-electron chi connectivity index (χ4n) is 6.24. The molecular formula is C42H36. The lowest BCUT2D eigenvalue weighted by Crippen LogP contribution is -1.77. The van der Waals surface area contributed by atoms with E-state index in [4.69, 9.17) is 0 Å². The lowest BCUT2D eigenvalue weighted by Gasteiger charge is -1.98. The van der Waals surface area contributed by atoms with Crippen LogP contribution in [0.5, 0.6) is 0 Å². The molecule has 3 aliphatic carbocycles. The van der Waals surface area contributed by atoms with Gasteiger partial charge in [-0.05, 0) is 92.9 Å². The smallest absolute Gasteiger partial charge is 0.00135 e. The van der Waals surface area contributed by atoms with E-state index in [1.165, 1.54) is 66.8 Å². The van der Waals surface area contributed by atoms with Gasteiger partial charge in [0.25, 0.3) is 0 Å². The minimum atomic E-state index is 1.10. The van der Waals surface area contributed by atoms with Crippen LogP contribution >= 0.6 is 0 Å². The van der Waals surface area contributed by atoms with Crippen molar-refractivity contribution in [2.45, 2.75) is 26.2 Å². The predicted octanol–water partition coefficient (Wildman–Crippen LogP) is 11.0. The van der Waals surface area contributed by atoms with Crippen molar-refractivity contribution in [3.05, 3.63) is 192 Å². The van der Waals surface area contributed by atoms with Crippen molar-refractivity contribution in [3.63, 3.8) is 0 Å². The summed E-state index contributed by atoms with van der Waals surface area (Å²) in [6, 6.07) is 51.9. The maximum atomic E-state index is 3.36. The first-order valence-electron chi connectivity index (χ1n) is 14.8. The molecule has 0 N–H and O–H groups in total. The summed E-state index contributed by atoms with van der Waals surface area (Å²) in [6.45, 7) is 5.25. The Hall–Kier alpha value is -4.94. The Morgan fingerprint density at radius 1 is 0.333 bits per heavy atom. The van der Waals surface area contributed by atoms with Crippen LogP contribution in [0.3, 0.4) is 0 Å². The predicted molar refractivity (Wildman–Crippen MR) is 180 cm³/mol. The van der Waals surface area contributed by atoms with Crippen molar-refractivity contribution in [1.82, 2.24) is 0 Å². The topological polar surface area (TPSA) is 0 Å². The molecule has 0 heteroatoms. The quantitative estimate of drug-likeness (QED) is 0.168. The van der Waals surface area contributed by atoms with E-state index in [0.717, 1.165) is 19.3 Å². The summed E-state index contributed by atoms with van der Waals surface area (Å²) in [6.07, 6.45) is 5.06. The summed E-state index contributed by atoms with van der Waals surface area (Å²) in [5, 5.41) is 0. The van der Waals surface area contributed by atoms with E-state index < -0.39 is 0 Å². The lowest BCUT2D eigenvalue weighted by atomic mass is 10.1. The van der Waals surface area contributed by atoms with Crippen LogP contribution in [0, 0.1) is 0 Å². The van der Waals surface area contributed by atoms with E-state index in [2.05, 4.69) is 152 Å². The van der Waals surface area contributed by atoms with Crippen LogP contribution in [0.2, 0.25) is 0 Å². The molecule has 204 valence electrons. The van der Waals surface area contributed by atoms with E-state index in [9.17, 15) is 0 Å². The molecule has 0 fully saturated rings. The second-order valence-corrected chi connectivity index (χ2v) is 10.9. The molecule has 0 spiro atoms. The van der Waals surface area contributed by atoms with Crippen LogP contribution in [0.25, 0.3) is 33.4 Å². The zero-order valence-corrected chi connectivity index (χ0v) is 24.3. The van der Waals surface area contributed by atoms with Crippen molar-refractivity contribution in [2.75, 3.05) is 0 Å². The third-order valence-electron chi connectivity index (χ3n) is 8.12. The van der Waals surface area contributed by atoms with Crippen molar-refractivity contribution >= 4 is 0 Å². The van der Waals surface area contributed by atoms with Gasteiger partial charge < -0.3 is 0 Å². The molecule has 0 nitrogen and oxygen atoms in total. The van der Waals surface area contributed by atoms with Gasteiger partial charge in [0.1, 0.15) is 0 Å². The Bertz CT molecular complexity index is 1500. The molecule has 0 aliphatic heterocycles. The molecule has 0 saturated carbocycles. The van der Waals surface area contributed by atoms with Gasteiger partial charge >= 0.3 is 0 Å². The number of allylic oxidation sites excluding steroid dienone is 1. The molecule has 3 aliphatic rings. The fraction of sp³-hybridized carbons (Fsp3) is 0.0952. The van der Waals surface area contributed by atoms with E-state index in [1.807, 2.05) is 6.92 Å². The van der Waals surface area contributed by atoms with Crippen molar-refractivity contribution in [3.8, 4) is 33.4 Å². The molecule has 0 unspecified atom stereocenters. The van der Waals surface area contributed by atoms with Gasteiger partial charge in [-0.15, -0.1) is 6.58 Å². The standard InChI is InChI=1S/3C13H10.C3H6/c3*1-3-7-12-10(5-1)9-11-6-2-4-8-13(11)12;1-3-2/h3*1-8H,9H2;3H,1H2,2H3. The number of rotatable bonds is 0. The van der Waals surface area contributed by atoms with Crippen LogP contribution in [0.4, 0.5) is 0 Å². The van der Waals surface area contributed by atoms with Gasteiger partial charge in [0, 0.05) is 0 Å². The molecule has 0 radical (unpaired) electrons. The maximum absolute atomic E-state index is 3.36. The summed E-state index contributed by atoms with van der Waals surface area (Å²) in [7, 11) is 0. The summed E-state index contributed by atoms with van der Waals surface area (Å²) in [5.74, 6) is 0. The minimum absolute atomic E-state index is 1.10. The highest BCUT2D eigenvalue weighted by Crippen LogP contribution is 2.37. The normalized spacial score (nSPS) is 11.7. The van der Waals surface area contributed by atoms with E-state index in [1.54, 1.807) is 6.08 Å². The van der Waals surface area contributed by atoms with Crippen LogP contribution in [-0.2, 0) is 19.3 Å². The Kier molecular flexibility index (Phi) is 8.24. The van der Waals surface area contributed by atoms with Gasteiger partial charge in [0.05, 0.1) is 0 Å². The highest BCUT2D eigenvalue weighted by atomic mass is 14.2. The Balaban J connectivity index is 0.000000108. The molecule has 42 heavy (non-hydrogen) atoms. The summed E-state index contributed by atoms with van der Waals surface area (Å²) in [4.78, 5) is 0. The zero-order valence-electron chi connectivity index (χ0n) is 24.3. The number of hydrogen-bond acceptors (Lipinski definition) is 0. The highest BCUT2D eigenvalue weighted by molar-refractivity contribution is 5.78. The average Bonchev–Trinajstić information content (AvgIpc) is 3.73. The molecule has 0 amide bonds. The first-order valence-corrected chi connectivity index (χ1v) is 14.8. The van der Waals surface area contributed by atoms with Gasteiger partial charge in [0.2, 0.25) is 0 Å². The third kappa shape index (κ3) is 5.62. The highest BCUT2D eigenvalue weighted by Gasteiger charge is 2.17. The average molecular weight is 541 g/mol. The molecule has 9 rings (SSSR count). The SMILES string of the molecule is C=CC.c1ccc2c(c1)Cc1ccccc1-2.c1ccc2c(c1)Cc1ccccc1-2.c1ccc2c(c1)Cc1ccccc1-2. The van der Waals surface area contributed by atoms with Crippen molar-refractivity contribution in [2.24, 2.45) is 0 Å². The lowest BCUT2D eigenvalue weighted by molar-refractivity contribution is 1.26. The molecular weight excluding hydrogens is 504 g/mol. The fourth-order valence-corrected chi connectivity index (χ4v) is 6.24. The monoisotopic (exact) mass is 540 g/mol. The largest absolute Gasteiger partial charge is 0.103 e. The van der Waals surface area contributed by atoms with Gasteiger partial charge in [0.15, 0.2) is 0 Å². The molecule has 0 atom stereocenters. The van der Waals surface area contributed by atoms with Crippen molar-refractivity contribution in [1.29, 1.82) is 0 Å². The molecule has 0 bridgehead atoms. The number of hydrogen-bond donors (Lipinski definition) is 0. The van der Waals surface area contributed by atoms with Crippen LogP contribution in [-0.4, -0.2) is 0 Å². The molecule has 0 saturated heterocycles. The van der Waals surface area contributed by atoms with E-state index in [0.29, 0.717) is 0 Å². The van der Waals surface area contributed by atoms with Crippen LogP contribution in [0.1, 0.15) is 40.3 Å². The zero-order chi connectivity index (χ0) is 28.7. The first kappa shape index (κ1) is 27.2. The Morgan fingerprint density at radius 2 is 0.476 bits per heavy atom. The summed E-state index contributed by atoms with van der Waals surface area (Å²) in [5.41, 5.74) is 17.3. The first-order chi connectivity index (χ1) is 20.8. The molecule has 0 aromatic heterocycles. The van der Waals surface area contributed by atoms with Gasteiger partial charge in [-0.25, -0.2) is 0 Å². The Labute approximate surface area is 250 Å². The molecule has 6 aromatic carbocycles. The number of benzene rings is 6. The van der Waals surface area contributed by atoms with Crippen LogP contribution < -0.4 is 0 Å². The van der Waals surface area contributed by atoms with E-state index >= 15 is 0 Å². The third-order valence-corrected chi connectivity index (χ3v) is 8.12. The second kappa shape index (κ2) is 12.7. The van der Waals surface area contributed by atoms with Crippen LogP contribution in [0.15, 0.2) is 158 Å². The van der Waals surface area contributed by atoms with E-state index in [-0.39, 0.29) is 0 Å². The van der Waals surface area contributed by atoms with Gasteiger partial charge in [-0.1, -0.05) is 152 Å². The summed E-state index contributed by atoms with van der Waals surface area (Å²) < 4.78 is 0. The molecule has 0 heterocycles. The minimum Gasteiger partial charge on any atom is -0.103 e. The maximum Gasteiger partial charge on any atom is -0.00135 e.